The van der Waals surface area contributed by atoms with Gasteiger partial charge in [0.05, 0.1) is 5.75 Å². The summed E-state index contributed by atoms with van der Waals surface area (Å²) in [6.45, 7) is 0. The molecule has 0 saturated carbocycles. The highest BCUT2D eigenvalue weighted by molar-refractivity contribution is 7.91. The van der Waals surface area contributed by atoms with E-state index in [1.165, 1.54) is 0 Å². The van der Waals surface area contributed by atoms with Crippen molar-refractivity contribution in [2.45, 2.75) is 12.8 Å². The number of hydrogen-bond acceptors (Lipinski definition) is 3. The van der Waals surface area contributed by atoms with Crippen LogP contribution in [0.5, 0.6) is 0 Å². The zero-order valence-electron chi connectivity index (χ0n) is 8.81. The molecule has 5 heteroatoms. The molecule has 86 valence electrons. The summed E-state index contributed by atoms with van der Waals surface area (Å²) in [6, 6.07) is 9.74. The molecule has 0 aliphatic carbocycles. The van der Waals surface area contributed by atoms with Crippen molar-refractivity contribution >= 4 is 15.8 Å². The van der Waals surface area contributed by atoms with Crippen LogP contribution in [0, 0.1) is 10.7 Å². The van der Waals surface area contributed by atoms with Gasteiger partial charge in [0.15, 0.2) is 0 Å². The van der Waals surface area contributed by atoms with E-state index in [1.54, 1.807) is 0 Å². The van der Waals surface area contributed by atoms with Crippen LogP contribution in [0.2, 0.25) is 0 Å². The molecule has 1 aliphatic heterocycles. The minimum atomic E-state index is -2.86. The first-order chi connectivity index (χ1) is 7.57. The Kier molecular flexibility index (Phi) is 2.96. The number of benzene rings is 1. The summed E-state index contributed by atoms with van der Waals surface area (Å²) in [5.41, 5.74) is 1.10. The van der Waals surface area contributed by atoms with E-state index in [-0.39, 0.29) is 17.6 Å². The van der Waals surface area contributed by atoms with Gasteiger partial charge in [-0.3, -0.25) is 9.52 Å². The average molecular weight is 238 g/mol. The topological polar surface area (TPSA) is 70.0 Å². The third-order valence-corrected chi connectivity index (χ3v) is 4.06. The molecule has 16 heavy (non-hydrogen) atoms. The fourth-order valence-electron chi connectivity index (χ4n) is 1.83. The van der Waals surface area contributed by atoms with Gasteiger partial charge in [-0.25, -0.2) is 8.99 Å². The van der Waals surface area contributed by atoms with Crippen LogP contribution in [-0.4, -0.2) is 15.9 Å². The molecule has 0 bridgehead atoms. The quantitative estimate of drug-likeness (QED) is 0.816. The van der Waals surface area contributed by atoms with Crippen molar-refractivity contribution in [2.75, 3.05) is 5.75 Å². The molecular weight excluding hydrogens is 224 g/mol. The second-order valence-electron chi connectivity index (χ2n) is 4.02. The van der Waals surface area contributed by atoms with E-state index in [0.29, 0.717) is 12.8 Å². The molecule has 1 saturated heterocycles. The van der Waals surface area contributed by atoms with Crippen molar-refractivity contribution in [3.8, 4) is 0 Å². The van der Waals surface area contributed by atoms with Gasteiger partial charge in [0.2, 0.25) is 5.91 Å². The molecule has 1 fully saturated rings. The summed E-state index contributed by atoms with van der Waals surface area (Å²) in [6.07, 6.45) is 1.19. The van der Waals surface area contributed by atoms with Gasteiger partial charge in [0, 0.05) is 5.92 Å². The zero-order valence-corrected chi connectivity index (χ0v) is 9.63. The lowest BCUT2D eigenvalue weighted by Crippen LogP contribution is -2.43. The molecule has 1 heterocycles. The number of amides is 1. The zero-order chi connectivity index (χ0) is 11.6. The van der Waals surface area contributed by atoms with Gasteiger partial charge in [-0.15, -0.1) is 0 Å². The van der Waals surface area contributed by atoms with Crippen molar-refractivity contribution in [2.24, 2.45) is 5.92 Å². The fourth-order valence-corrected chi connectivity index (χ4v) is 3.04. The lowest BCUT2D eigenvalue weighted by Gasteiger charge is -2.23. The highest BCUT2D eigenvalue weighted by Crippen LogP contribution is 2.17. The van der Waals surface area contributed by atoms with Crippen LogP contribution in [0.1, 0.15) is 12.0 Å². The molecule has 1 amide bonds. The highest BCUT2D eigenvalue weighted by atomic mass is 32.2. The van der Waals surface area contributed by atoms with Gasteiger partial charge in [-0.2, -0.15) is 0 Å². The first kappa shape index (κ1) is 11.1. The van der Waals surface area contributed by atoms with Crippen LogP contribution in [0.3, 0.4) is 0 Å². The van der Waals surface area contributed by atoms with Gasteiger partial charge < -0.3 is 0 Å². The van der Waals surface area contributed by atoms with Gasteiger partial charge in [-0.05, 0) is 18.4 Å². The van der Waals surface area contributed by atoms with Crippen molar-refractivity contribution < 1.29 is 9.00 Å². The molecule has 1 aromatic carbocycles. The summed E-state index contributed by atoms with van der Waals surface area (Å²) < 4.78 is 21.0. The Bertz CT molecular complexity index is 482. The van der Waals surface area contributed by atoms with E-state index >= 15 is 0 Å². The van der Waals surface area contributed by atoms with Crippen LogP contribution in [0.25, 0.3) is 0 Å². The van der Waals surface area contributed by atoms with Crippen LogP contribution in [0.4, 0.5) is 0 Å². The van der Waals surface area contributed by atoms with E-state index in [0.717, 1.165) is 5.56 Å². The molecule has 0 spiro atoms. The Morgan fingerprint density at radius 1 is 1.38 bits per heavy atom. The van der Waals surface area contributed by atoms with Crippen molar-refractivity contribution in [3.63, 3.8) is 0 Å². The second kappa shape index (κ2) is 4.25. The lowest BCUT2D eigenvalue weighted by atomic mass is 9.96. The molecule has 4 nitrogen and oxygen atoms in total. The average Bonchev–Trinajstić information content (AvgIpc) is 2.23. The second-order valence-corrected chi connectivity index (χ2v) is 5.98. The maximum Gasteiger partial charge on any atom is 0.235 e. The Morgan fingerprint density at radius 2 is 2.06 bits per heavy atom. The van der Waals surface area contributed by atoms with Crippen LogP contribution in [0.15, 0.2) is 30.3 Å². The Balaban J connectivity index is 2.05. The molecule has 2 N–H and O–H groups in total. The predicted molar refractivity (Wildman–Crippen MR) is 62.1 cm³/mol. The van der Waals surface area contributed by atoms with Gasteiger partial charge >= 0.3 is 0 Å². The molecule has 0 radical (unpaired) electrons. The third kappa shape index (κ3) is 2.61. The Labute approximate surface area is 95.2 Å². The van der Waals surface area contributed by atoms with Crippen LogP contribution < -0.4 is 4.72 Å². The van der Waals surface area contributed by atoms with Crippen LogP contribution >= 0.6 is 0 Å². The first-order valence-corrected chi connectivity index (χ1v) is 6.91. The SMILES string of the molecule is N=S1(=O)CCC(Cc2ccccc2)C(=O)N1. The fraction of sp³-hybridized carbons (Fsp3) is 0.364. The minimum absolute atomic E-state index is 0.151. The number of rotatable bonds is 2. The number of carbonyl (C=O) groups is 1. The van der Waals surface area contributed by atoms with Crippen LogP contribution in [-0.2, 0) is 21.1 Å². The molecule has 2 atom stereocenters. The smallest absolute Gasteiger partial charge is 0.235 e. The maximum atomic E-state index is 11.6. The van der Waals surface area contributed by atoms with Crippen molar-refractivity contribution in [3.05, 3.63) is 35.9 Å². The Morgan fingerprint density at radius 3 is 2.69 bits per heavy atom. The highest BCUT2D eigenvalue weighted by Gasteiger charge is 2.28. The molecule has 2 unspecified atom stereocenters. The number of nitrogens with one attached hydrogen (secondary N) is 2. The minimum Gasteiger partial charge on any atom is -0.274 e. The molecule has 1 aromatic rings. The summed E-state index contributed by atoms with van der Waals surface area (Å²) in [5.74, 6) is -0.145. The number of hydrogen-bond donors (Lipinski definition) is 2. The molecule has 1 aliphatic rings. The van der Waals surface area contributed by atoms with E-state index in [9.17, 15) is 9.00 Å². The monoisotopic (exact) mass is 238 g/mol. The van der Waals surface area contributed by atoms with E-state index in [1.807, 2.05) is 30.3 Å². The largest absolute Gasteiger partial charge is 0.274 e. The predicted octanol–water partition coefficient (Wildman–Crippen LogP) is 1.33. The van der Waals surface area contributed by atoms with Crippen molar-refractivity contribution in [1.82, 2.24) is 4.72 Å². The summed E-state index contributed by atoms with van der Waals surface area (Å²) in [4.78, 5) is 11.6. The number of carbonyl (C=O) groups excluding carboxylic acids is 1. The standard InChI is InChI=1S/C11H14N2O2S/c12-16(15)7-6-10(11(14)13-16)8-9-4-2-1-3-5-9/h1-5,10H,6-8H2,(H2,12,13,14,15). The van der Waals surface area contributed by atoms with Gasteiger partial charge in [-0.1, -0.05) is 30.3 Å². The van der Waals surface area contributed by atoms with Gasteiger partial charge in [0.25, 0.3) is 0 Å². The molecule has 2 rings (SSSR count). The molecular formula is C11H14N2O2S. The lowest BCUT2D eigenvalue weighted by molar-refractivity contribution is -0.123. The van der Waals surface area contributed by atoms with E-state index in [2.05, 4.69) is 4.72 Å². The summed E-state index contributed by atoms with van der Waals surface area (Å²) in [7, 11) is -2.86. The summed E-state index contributed by atoms with van der Waals surface area (Å²) in [5, 5.41) is 0. The summed E-state index contributed by atoms with van der Waals surface area (Å²) >= 11 is 0. The third-order valence-electron chi connectivity index (χ3n) is 2.71. The van der Waals surface area contributed by atoms with Gasteiger partial charge in [0.1, 0.15) is 9.92 Å². The van der Waals surface area contributed by atoms with E-state index in [4.69, 9.17) is 4.78 Å². The first-order valence-electron chi connectivity index (χ1n) is 5.19. The maximum absolute atomic E-state index is 11.6. The normalized spacial score (nSPS) is 29.8. The molecule has 0 aromatic heterocycles. The van der Waals surface area contributed by atoms with Crippen molar-refractivity contribution in [1.29, 1.82) is 4.78 Å². The van der Waals surface area contributed by atoms with E-state index < -0.39 is 9.92 Å². The Hall–Kier alpha value is -1.36.